The van der Waals surface area contributed by atoms with Crippen molar-refractivity contribution in [3.8, 4) is 0 Å². The highest BCUT2D eigenvalue weighted by Crippen LogP contribution is 2.31. The monoisotopic (exact) mass is 362 g/mol. The zero-order chi connectivity index (χ0) is 16.4. The highest BCUT2D eigenvalue weighted by molar-refractivity contribution is 7.88. The van der Waals surface area contributed by atoms with E-state index in [1.54, 1.807) is 24.3 Å². The average molecular weight is 363 g/mol. The summed E-state index contributed by atoms with van der Waals surface area (Å²) in [6.07, 6.45) is 0.769. The fourth-order valence-corrected chi connectivity index (χ4v) is 4.25. The van der Waals surface area contributed by atoms with Crippen molar-refractivity contribution in [3.63, 3.8) is 0 Å². The highest BCUT2D eigenvalue weighted by atomic mass is 35.5. The Kier molecular flexibility index (Phi) is 6.59. The summed E-state index contributed by atoms with van der Waals surface area (Å²) in [6.45, 7) is 3.41. The lowest BCUT2D eigenvalue weighted by Gasteiger charge is -2.22. The van der Waals surface area contributed by atoms with Crippen LogP contribution in [0.15, 0.2) is 24.3 Å². The molecule has 2 rings (SSSR count). The molecule has 1 saturated heterocycles. The molecule has 0 saturated carbocycles. The highest BCUT2D eigenvalue weighted by Gasteiger charge is 2.38. The van der Waals surface area contributed by atoms with Crippen molar-refractivity contribution in [2.75, 3.05) is 26.7 Å². The van der Waals surface area contributed by atoms with Crippen molar-refractivity contribution >= 4 is 28.4 Å². The molecule has 1 aliphatic rings. The molecule has 0 spiro atoms. The van der Waals surface area contributed by atoms with Gasteiger partial charge in [-0.15, -0.1) is 12.4 Å². The summed E-state index contributed by atoms with van der Waals surface area (Å²) >= 11 is 0. The summed E-state index contributed by atoms with van der Waals surface area (Å²) in [5.74, 6) is -0.602. The Morgan fingerprint density at radius 1 is 1.43 bits per heavy atom. The van der Waals surface area contributed by atoms with E-state index >= 15 is 0 Å². The molecule has 1 unspecified atom stereocenters. The second-order valence-corrected chi connectivity index (χ2v) is 8.02. The van der Waals surface area contributed by atoms with Crippen LogP contribution in [-0.4, -0.2) is 45.4 Å². The molecule has 0 aromatic heterocycles. The topological polar surface area (TPSA) is 89.7 Å². The Bertz CT molecular complexity index is 665. The molecule has 1 aromatic rings. The van der Waals surface area contributed by atoms with Gasteiger partial charge in [-0.2, -0.15) is 0 Å². The van der Waals surface area contributed by atoms with Gasteiger partial charge in [0.1, 0.15) is 0 Å². The van der Waals surface area contributed by atoms with Crippen molar-refractivity contribution in [1.82, 2.24) is 4.31 Å². The molecule has 1 aliphatic heterocycles. The lowest BCUT2D eigenvalue weighted by Crippen LogP contribution is -2.35. The molecule has 8 heteroatoms. The lowest BCUT2D eigenvalue weighted by atomic mass is 9.90. The van der Waals surface area contributed by atoms with Gasteiger partial charge in [0.25, 0.3) is 0 Å². The molecule has 0 amide bonds. The van der Waals surface area contributed by atoms with Gasteiger partial charge in [-0.05, 0) is 36.1 Å². The van der Waals surface area contributed by atoms with E-state index in [9.17, 15) is 13.2 Å². The molecule has 0 aliphatic carbocycles. The molecule has 130 valence electrons. The van der Waals surface area contributed by atoms with Gasteiger partial charge in [0.2, 0.25) is 10.0 Å². The first kappa shape index (κ1) is 19.9. The van der Waals surface area contributed by atoms with E-state index in [-0.39, 0.29) is 23.6 Å². The average Bonchev–Trinajstić information content (AvgIpc) is 2.90. The number of esters is 1. The number of carbonyl (C=O) groups is 1. The number of ether oxygens (including phenoxy) is 1. The van der Waals surface area contributed by atoms with Crippen molar-refractivity contribution in [3.05, 3.63) is 35.4 Å². The number of rotatable bonds is 5. The van der Waals surface area contributed by atoms with Crippen LogP contribution >= 0.6 is 12.4 Å². The van der Waals surface area contributed by atoms with Crippen LogP contribution in [0.5, 0.6) is 0 Å². The lowest BCUT2D eigenvalue weighted by molar-refractivity contribution is 0.0600. The molecule has 0 bridgehead atoms. The first-order valence-corrected chi connectivity index (χ1v) is 8.76. The Balaban J connectivity index is 0.00000264. The van der Waals surface area contributed by atoms with Gasteiger partial charge in [0.05, 0.1) is 18.4 Å². The molecule has 0 radical (unpaired) electrons. The van der Waals surface area contributed by atoms with Gasteiger partial charge in [-0.1, -0.05) is 19.1 Å². The van der Waals surface area contributed by atoms with Crippen molar-refractivity contribution in [1.29, 1.82) is 0 Å². The predicted octanol–water partition coefficient (Wildman–Crippen LogP) is 1.40. The smallest absolute Gasteiger partial charge is 0.337 e. The Morgan fingerprint density at radius 2 is 2.13 bits per heavy atom. The molecule has 1 aromatic carbocycles. The number of carbonyl (C=O) groups excluding carboxylic acids is 1. The second kappa shape index (κ2) is 7.61. The third-order valence-electron chi connectivity index (χ3n) is 4.11. The molecule has 1 heterocycles. The molecular formula is C15H23ClN2O4S. The minimum absolute atomic E-state index is 0. The molecule has 1 fully saturated rings. The van der Waals surface area contributed by atoms with Crippen LogP contribution in [0, 0.1) is 5.41 Å². The summed E-state index contributed by atoms with van der Waals surface area (Å²) in [6, 6.07) is 6.51. The molecular weight excluding hydrogens is 340 g/mol. The maximum atomic E-state index is 12.5. The van der Waals surface area contributed by atoms with Crippen LogP contribution in [0.1, 0.15) is 29.3 Å². The van der Waals surface area contributed by atoms with Crippen LogP contribution < -0.4 is 5.73 Å². The number of nitrogens with zero attached hydrogens (tertiary/aromatic N) is 1. The fraction of sp³-hybridized carbons (Fsp3) is 0.533. The first-order chi connectivity index (χ1) is 10.3. The standard InChI is InChI=1S/C15H22N2O4S.ClH/c1-15(10-16)6-7-17(11-15)22(19,20)9-12-4-3-5-13(8-12)14(18)21-2;/h3-5,8H,6-7,9-11,16H2,1-2H3;1H. The van der Waals surface area contributed by atoms with Crippen molar-refractivity contribution in [2.45, 2.75) is 19.1 Å². The number of sulfonamides is 1. The molecule has 1 atom stereocenters. The third-order valence-corrected chi connectivity index (χ3v) is 5.90. The van der Waals surface area contributed by atoms with Crippen molar-refractivity contribution < 1.29 is 17.9 Å². The molecule has 2 N–H and O–H groups in total. The summed E-state index contributed by atoms with van der Waals surface area (Å²) in [4.78, 5) is 11.5. The van der Waals surface area contributed by atoms with E-state index in [0.29, 0.717) is 30.8 Å². The minimum Gasteiger partial charge on any atom is -0.465 e. The van der Waals surface area contributed by atoms with E-state index in [0.717, 1.165) is 6.42 Å². The van der Waals surface area contributed by atoms with Gasteiger partial charge in [0, 0.05) is 13.1 Å². The summed E-state index contributed by atoms with van der Waals surface area (Å²) < 4.78 is 31.2. The zero-order valence-corrected chi connectivity index (χ0v) is 15.0. The Labute approximate surface area is 143 Å². The summed E-state index contributed by atoms with van der Waals surface area (Å²) in [5, 5.41) is 0. The zero-order valence-electron chi connectivity index (χ0n) is 13.3. The number of halogens is 1. The van der Waals surface area contributed by atoms with E-state index in [2.05, 4.69) is 4.74 Å². The van der Waals surface area contributed by atoms with Crippen molar-refractivity contribution in [2.24, 2.45) is 11.1 Å². The maximum Gasteiger partial charge on any atom is 0.337 e. The molecule has 6 nitrogen and oxygen atoms in total. The normalized spacial score (nSPS) is 21.7. The minimum atomic E-state index is -3.42. The molecule has 23 heavy (non-hydrogen) atoms. The maximum absolute atomic E-state index is 12.5. The van der Waals surface area contributed by atoms with Gasteiger partial charge >= 0.3 is 5.97 Å². The quantitative estimate of drug-likeness (QED) is 0.799. The number of nitrogens with two attached hydrogens (primary N) is 1. The number of methoxy groups -OCH3 is 1. The van der Waals surface area contributed by atoms with Crippen LogP contribution in [0.3, 0.4) is 0 Å². The Morgan fingerprint density at radius 3 is 2.70 bits per heavy atom. The van der Waals surface area contributed by atoms with E-state index in [1.165, 1.54) is 11.4 Å². The van der Waals surface area contributed by atoms with Crippen LogP contribution in [-0.2, 0) is 20.5 Å². The van der Waals surface area contributed by atoms with Crippen LogP contribution in [0.4, 0.5) is 0 Å². The van der Waals surface area contributed by atoms with Crippen LogP contribution in [0.25, 0.3) is 0 Å². The predicted molar refractivity (Wildman–Crippen MR) is 91.0 cm³/mol. The second-order valence-electron chi connectivity index (χ2n) is 6.05. The van der Waals surface area contributed by atoms with Gasteiger partial charge < -0.3 is 10.5 Å². The Hall–Kier alpha value is -1.15. The van der Waals surface area contributed by atoms with E-state index < -0.39 is 16.0 Å². The summed E-state index contributed by atoms with van der Waals surface area (Å²) in [5.41, 5.74) is 6.49. The van der Waals surface area contributed by atoms with E-state index in [1.807, 2.05) is 6.92 Å². The van der Waals surface area contributed by atoms with E-state index in [4.69, 9.17) is 5.73 Å². The fourth-order valence-electron chi connectivity index (χ4n) is 2.59. The largest absolute Gasteiger partial charge is 0.465 e. The van der Waals surface area contributed by atoms with Crippen LogP contribution in [0.2, 0.25) is 0 Å². The van der Waals surface area contributed by atoms with Gasteiger partial charge in [0.15, 0.2) is 0 Å². The van der Waals surface area contributed by atoms with Gasteiger partial charge in [-0.25, -0.2) is 17.5 Å². The number of benzene rings is 1. The number of hydrogen-bond acceptors (Lipinski definition) is 5. The SMILES string of the molecule is COC(=O)c1cccc(CS(=O)(=O)N2CCC(C)(CN)C2)c1.Cl. The number of hydrogen-bond donors (Lipinski definition) is 1. The summed E-state index contributed by atoms with van der Waals surface area (Å²) in [7, 11) is -2.12. The third kappa shape index (κ3) is 4.67. The first-order valence-electron chi connectivity index (χ1n) is 7.15. The van der Waals surface area contributed by atoms with Gasteiger partial charge in [-0.3, -0.25) is 0 Å².